The standard InChI is InChI=1S/C25H33F2N3O2S/c1-29(25(33-3)28-19-6-8-21(31-2)9-7-19)20-12-15-30(16-13-20)14-4-5-17-32-22-10-11-23(26)24(27)18-22/h6-11,18,20H,4-5,12-17H2,1-3H3. The summed E-state index contributed by atoms with van der Waals surface area (Å²) in [6.45, 7) is 3.64. The molecule has 0 saturated carbocycles. The van der Waals surface area contributed by atoms with Crippen LogP contribution >= 0.6 is 11.8 Å². The number of rotatable bonds is 9. The molecule has 0 aliphatic carbocycles. The van der Waals surface area contributed by atoms with Crippen molar-refractivity contribution in [1.82, 2.24) is 9.80 Å². The fourth-order valence-corrected chi connectivity index (χ4v) is 4.55. The molecule has 0 N–H and O–H groups in total. The number of halogens is 2. The second-order valence-corrected chi connectivity index (χ2v) is 8.89. The Kier molecular flexibility index (Phi) is 9.81. The molecule has 1 aliphatic rings. The van der Waals surface area contributed by atoms with Gasteiger partial charge in [-0.15, -0.1) is 0 Å². The van der Waals surface area contributed by atoms with E-state index in [-0.39, 0.29) is 0 Å². The molecule has 0 bridgehead atoms. The Morgan fingerprint density at radius 2 is 1.76 bits per heavy atom. The highest BCUT2D eigenvalue weighted by Gasteiger charge is 2.24. The molecule has 0 unspecified atom stereocenters. The first-order chi connectivity index (χ1) is 16.0. The summed E-state index contributed by atoms with van der Waals surface area (Å²) in [6.07, 6.45) is 6.16. The smallest absolute Gasteiger partial charge is 0.164 e. The second-order valence-electron chi connectivity index (χ2n) is 8.11. The quantitative estimate of drug-likeness (QED) is 0.268. The molecule has 3 rings (SSSR count). The Balaban J connectivity index is 1.38. The van der Waals surface area contributed by atoms with Crippen molar-refractivity contribution in [3.05, 3.63) is 54.1 Å². The number of unbranched alkanes of at least 4 members (excludes halogenated alkanes) is 1. The van der Waals surface area contributed by atoms with Gasteiger partial charge in [0.2, 0.25) is 0 Å². The van der Waals surface area contributed by atoms with E-state index in [0.717, 1.165) is 74.1 Å². The average molecular weight is 478 g/mol. The molecule has 0 amide bonds. The molecule has 33 heavy (non-hydrogen) atoms. The lowest BCUT2D eigenvalue weighted by atomic mass is 10.0. The lowest BCUT2D eigenvalue weighted by Crippen LogP contribution is -2.45. The zero-order chi connectivity index (χ0) is 23.6. The molecular weight excluding hydrogens is 444 g/mol. The number of likely N-dealkylation sites (tertiary alicyclic amines) is 1. The molecule has 1 saturated heterocycles. The van der Waals surface area contributed by atoms with Gasteiger partial charge in [-0.3, -0.25) is 0 Å². The minimum atomic E-state index is -0.876. The van der Waals surface area contributed by atoms with Crippen LogP contribution in [-0.4, -0.2) is 67.7 Å². The van der Waals surface area contributed by atoms with Crippen LogP contribution in [-0.2, 0) is 0 Å². The number of piperidine rings is 1. The summed E-state index contributed by atoms with van der Waals surface area (Å²) in [5, 5.41) is 1.02. The van der Waals surface area contributed by atoms with Gasteiger partial charge < -0.3 is 19.3 Å². The van der Waals surface area contributed by atoms with Gasteiger partial charge in [-0.1, -0.05) is 11.8 Å². The topological polar surface area (TPSA) is 37.3 Å². The van der Waals surface area contributed by atoms with E-state index in [4.69, 9.17) is 14.5 Å². The first-order valence-electron chi connectivity index (χ1n) is 11.3. The highest BCUT2D eigenvalue weighted by atomic mass is 32.2. The van der Waals surface area contributed by atoms with E-state index in [1.807, 2.05) is 24.3 Å². The van der Waals surface area contributed by atoms with Gasteiger partial charge in [-0.05, 0) is 74.9 Å². The predicted octanol–water partition coefficient (Wildman–Crippen LogP) is 5.58. The monoisotopic (exact) mass is 477 g/mol. The van der Waals surface area contributed by atoms with Crippen molar-refractivity contribution < 1.29 is 18.3 Å². The molecule has 1 fully saturated rings. The van der Waals surface area contributed by atoms with Crippen LogP contribution < -0.4 is 9.47 Å². The molecule has 2 aromatic rings. The highest BCUT2D eigenvalue weighted by molar-refractivity contribution is 8.13. The Morgan fingerprint density at radius 1 is 1.06 bits per heavy atom. The van der Waals surface area contributed by atoms with Crippen molar-refractivity contribution in [1.29, 1.82) is 0 Å². The first kappa shape index (κ1) is 25.3. The number of amidine groups is 1. The maximum Gasteiger partial charge on any atom is 0.164 e. The Bertz CT molecular complexity index is 903. The molecule has 0 spiro atoms. The molecular formula is C25H33F2N3O2S. The van der Waals surface area contributed by atoms with E-state index in [0.29, 0.717) is 18.4 Å². The van der Waals surface area contributed by atoms with E-state index in [1.54, 1.807) is 18.9 Å². The third-order valence-electron chi connectivity index (χ3n) is 5.91. The zero-order valence-electron chi connectivity index (χ0n) is 19.6. The normalized spacial score (nSPS) is 15.5. The van der Waals surface area contributed by atoms with Crippen LogP contribution in [0, 0.1) is 11.6 Å². The summed E-state index contributed by atoms with van der Waals surface area (Å²) in [7, 11) is 3.80. The summed E-state index contributed by atoms with van der Waals surface area (Å²) in [5.74, 6) is -0.526. The fraction of sp³-hybridized carbons (Fsp3) is 0.480. The number of methoxy groups -OCH3 is 1. The number of hydrogen-bond acceptors (Lipinski definition) is 5. The maximum atomic E-state index is 13.2. The van der Waals surface area contributed by atoms with Crippen LogP contribution in [0.4, 0.5) is 14.5 Å². The van der Waals surface area contributed by atoms with Gasteiger partial charge in [0, 0.05) is 32.2 Å². The third kappa shape index (κ3) is 7.61. The third-order valence-corrected chi connectivity index (χ3v) is 6.66. The van der Waals surface area contributed by atoms with E-state index < -0.39 is 11.6 Å². The van der Waals surface area contributed by atoms with E-state index >= 15 is 0 Å². The minimum Gasteiger partial charge on any atom is -0.497 e. The number of nitrogens with zero attached hydrogens (tertiary/aromatic N) is 3. The van der Waals surface area contributed by atoms with Gasteiger partial charge in [-0.2, -0.15) is 0 Å². The summed E-state index contributed by atoms with van der Waals surface area (Å²) >= 11 is 1.67. The Hall–Kier alpha value is -2.32. The van der Waals surface area contributed by atoms with Crippen molar-refractivity contribution in [2.45, 2.75) is 31.7 Å². The second kappa shape index (κ2) is 12.8. The van der Waals surface area contributed by atoms with Crippen molar-refractivity contribution in [3.63, 3.8) is 0 Å². The van der Waals surface area contributed by atoms with Crippen molar-refractivity contribution in [3.8, 4) is 11.5 Å². The van der Waals surface area contributed by atoms with E-state index in [1.165, 1.54) is 6.07 Å². The SMILES string of the molecule is COc1ccc(N=C(SC)N(C)C2CCN(CCCCOc3ccc(F)c(F)c3)CC2)cc1. The maximum absolute atomic E-state index is 13.2. The van der Waals surface area contributed by atoms with Crippen LogP contribution in [0.2, 0.25) is 0 Å². The largest absolute Gasteiger partial charge is 0.497 e. The van der Waals surface area contributed by atoms with Crippen LogP contribution in [0.15, 0.2) is 47.5 Å². The molecule has 1 heterocycles. The highest BCUT2D eigenvalue weighted by Crippen LogP contribution is 2.23. The lowest BCUT2D eigenvalue weighted by molar-refractivity contribution is 0.162. The van der Waals surface area contributed by atoms with Crippen LogP contribution in [0.25, 0.3) is 0 Å². The van der Waals surface area contributed by atoms with Crippen molar-refractivity contribution >= 4 is 22.6 Å². The molecule has 1 aliphatic heterocycles. The van der Waals surface area contributed by atoms with Crippen molar-refractivity contribution in [2.75, 3.05) is 46.7 Å². The van der Waals surface area contributed by atoms with Gasteiger partial charge in [0.15, 0.2) is 16.8 Å². The molecule has 0 aromatic heterocycles. The number of hydrogen-bond donors (Lipinski definition) is 0. The summed E-state index contributed by atoms with van der Waals surface area (Å²) in [6, 6.07) is 11.9. The van der Waals surface area contributed by atoms with Gasteiger partial charge in [0.05, 0.1) is 19.4 Å². The van der Waals surface area contributed by atoms with Crippen LogP contribution in [0.1, 0.15) is 25.7 Å². The number of thioether (sulfide) groups is 1. The first-order valence-corrected chi connectivity index (χ1v) is 12.5. The fourth-order valence-electron chi connectivity index (χ4n) is 3.92. The number of benzene rings is 2. The van der Waals surface area contributed by atoms with Gasteiger partial charge in [-0.25, -0.2) is 13.8 Å². The van der Waals surface area contributed by atoms with Gasteiger partial charge >= 0.3 is 0 Å². The summed E-state index contributed by atoms with van der Waals surface area (Å²) < 4.78 is 36.9. The molecule has 2 aromatic carbocycles. The van der Waals surface area contributed by atoms with Gasteiger partial charge in [0.1, 0.15) is 11.5 Å². The minimum absolute atomic E-state index is 0.374. The molecule has 0 radical (unpaired) electrons. The molecule has 8 heteroatoms. The average Bonchev–Trinajstić information content (AvgIpc) is 2.85. The summed E-state index contributed by atoms with van der Waals surface area (Å²) in [4.78, 5) is 9.62. The molecule has 0 atom stereocenters. The van der Waals surface area contributed by atoms with E-state index in [2.05, 4.69) is 23.1 Å². The Morgan fingerprint density at radius 3 is 2.39 bits per heavy atom. The van der Waals surface area contributed by atoms with Crippen molar-refractivity contribution in [2.24, 2.45) is 4.99 Å². The summed E-state index contributed by atoms with van der Waals surface area (Å²) in [5.41, 5.74) is 0.926. The van der Waals surface area contributed by atoms with Gasteiger partial charge in [0.25, 0.3) is 0 Å². The number of aliphatic imine (C=N–C) groups is 1. The Labute approximate surface area is 199 Å². The number of ether oxygens (including phenoxy) is 2. The molecule has 180 valence electrons. The lowest BCUT2D eigenvalue weighted by Gasteiger charge is -2.37. The van der Waals surface area contributed by atoms with Crippen LogP contribution in [0.3, 0.4) is 0 Å². The van der Waals surface area contributed by atoms with E-state index in [9.17, 15) is 8.78 Å². The zero-order valence-corrected chi connectivity index (χ0v) is 20.4. The molecule has 5 nitrogen and oxygen atoms in total. The van der Waals surface area contributed by atoms with Crippen LogP contribution in [0.5, 0.6) is 11.5 Å². The predicted molar refractivity (Wildman–Crippen MR) is 132 cm³/mol.